The van der Waals surface area contributed by atoms with Gasteiger partial charge in [0.25, 0.3) is 0 Å². The molecule has 118 valence electrons. The Labute approximate surface area is 122 Å². The number of hydrogen-bond acceptors (Lipinski definition) is 4. The van der Waals surface area contributed by atoms with E-state index in [0.717, 1.165) is 6.07 Å². The summed E-state index contributed by atoms with van der Waals surface area (Å²) in [5.41, 5.74) is -1.73. The number of nitro benzene ring substituents is 1. The maximum atomic E-state index is 13.6. The largest absolute Gasteiger partial charge is 0.389 e. The average molecular weight is 302 g/mol. The molecule has 0 amide bonds. The normalized spacial score (nSPS) is 14.2. The highest BCUT2D eigenvalue weighted by atomic mass is 19.1. The lowest BCUT2D eigenvalue weighted by atomic mass is 9.94. The quantitative estimate of drug-likeness (QED) is 0.600. The molecule has 1 unspecified atom stereocenters. The molecule has 2 N–H and O–H groups in total. The van der Waals surface area contributed by atoms with Crippen LogP contribution in [0.3, 0.4) is 0 Å². The number of rotatable bonds is 7. The van der Waals surface area contributed by atoms with E-state index in [1.807, 2.05) is 13.8 Å². The number of benzene rings is 1. The van der Waals surface area contributed by atoms with Gasteiger partial charge in [-0.15, -0.1) is 0 Å². The van der Waals surface area contributed by atoms with Crippen molar-refractivity contribution in [3.8, 4) is 0 Å². The maximum Gasteiger partial charge on any atom is 0.305 e. The van der Waals surface area contributed by atoms with Gasteiger partial charge in [0.1, 0.15) is 5.82 Å². The van der Waals surface area contributed by atoms with Crippen LogP contribution < -0.4 is 5.32 Å². The Balaban J connectivity index is 2.72. The molecule has 5 nitrogen and oxygen atoms in total. The second-order valence-corrected chi connectivity index (χ2v) is 5.85. The smallest absolute Gasteiger partial charge is 0.305 e. The topological polar surface area (TPSA) is 75.4 Å². The van der Waals surface area contributed by atoms with E-state index in [-0.39, 0.29) is 18.7 Å². The average Bonchev–Trinajstić information content (AvgIpc) is 2.29. The van der Waals surface area contributed by atoms with Gasteiger partial charge in [-0.25, -0.2) is 4.39 Å². The van der Waals surface area contributed by atoms with Crippen molar-refractivity contribution in [2.45, 2.75) is 39.3 Å². The zero-order chi connectivity index (χ0) is 16.2. The lowest BCUT2D eigenvalue weighted by molar-refractivity contribution is -0.387. The van der Waals surface area contributed by atoms with Gasteiger partial charge in [-0.1, -0.05) is 13.8 Å². The summed E-state index contributed by atoms with van der Waals surface area (Å²) in [5.74, 6) is -1.76. The minimum atomic E-state index is -1.20. The van der Waals surface area contributed by atoms with Crippen molar-refractivity contribution in [3.63, 3.8) is 0 Å². The van der Waals surface area contributed by atoms with E-state index in [4.69, 9.17) is 0 Å². The van der Waals surface area contributed by atoms with Crippen LogP contribution in [0.5, 0.6) is 0 Å². The Hall–Kier alpha value is -1.60. The van der Waals surface area contributed by atoms with E-state index in [9.17, 15) is 24.0 Å². The summed E-state index contributed by atoms with van der Waals surface area (Å²) >= 11 is 0. The molecule has 0 heterocycles. The third kappa shape index (κ3) is 5.35. The van der Waals surface area contributed by atoms with E-state index in [2.05, 4.69) is 5.32 Å². The van der Waals surface area contributed by atoms with Crippen molar-refractivity contribution < 1.29 is 18.8 Å². The summed E-state index contributed by atoms with van der Waals surface area (Å²) in [6, 6.07) is 1.37. The summed E-state index contributed by atoms with van der Waals surface area (Å²) in [6.45, 7) is 5.77. The molecule has 0 spiro atoms. The number of nitrogens with one attached hydrogen (secondary N) is 1. The molecule has 0 radical (unpaired) electrons. The molecule has 0 aromatic heterocycles. The number of halogens is 2. The monoisotopic (exact) mass is 302 g/mol. The molecule has 0 aliphatic carbocycles. The third-order valence-corrected chi connectivity index (χ3v) is 2.98. The van der Waals surface area contributed by atoms with Gasteiger partial charge in [0.05, 0.1) is 10.5 Å². The van der Waals surface area contributed by atoms with Crippen LogP contribution >= 0.6 is 0 Å². The van der Waals surface area contributed by atoms with Crippen LogP contribution in [0.4, 0.5) is 14.5 Å². The van der Waals surface area contributed by atoms with Crippen molar-refractivity contribution in [2.75, 3.05) is 6.54 Å². The molecule has 1 atom stereocenters. The zero-order valence-electron chi connectivity index (χ0n) is 12.3. The number of hydrogen-bond donors (Lipinski definition) is 2. The number of nitro groups is 1. The number of aliphatic hydroxyl groups is 1. The minimum absolute atomic E-state index is 0.0107. The molecular weight excluding hydrogens is 282 g/mol. The molecule has 0 saturated carbocycles. The van der Waals surface area contributed by atoms with Crippen LogP contribution in [0.15, 0.2) is 12.1 Å². The molecule has 0 aliphatic heterocycles. The molecular formula is C14H20F2N2O3. The highest BCUT2D eigenvalue weighted by Crippen LogP contribution is 2.22. The van der Waals surface area contributed by atoms with Crippen molar-refractivity contribution in [2.24, 2.45) is 5.92 Å². The Bertz CT molecular complexity index is 519. The van der Waals surface area contributed by atoms with Gasteiger partial charge < -0.3 is 10.4 Å². The van der Waals surface area contributed by atoms with Crippen LogP contribution in [-0.2, 0) is 6.54 Å². The first-order chi connectivity index (χ1) is 9.62. The molecule has 0 saturated heterocycles. The first kappa shape index (κ1) is 17.5. The van der Waals surface area contributed by atoms with E-state index < -0.39 is 27.8 Å². The fourth-order valence-electron chi connectivity index (χ4n) is 2.27. The second kappa shape index (κ2) is 6.91. The lowest BCUT2D eigenvalue weighted by Gasteiger charge is -2.25. The fraction of sp³-hybridized carbons (Fsp3) is 0.571. The first-order valence-electron chi connectivity index (χ1n) is 6.68. The second-order valence-electron chi connectivity index (χ2n) is 5.85. The zero-order valence-corrected chi connectivity index (χ0v) is 12.3. The van der Waals surface area contributed by atoms with Gasteiger partial charge in [0.15, 0.2) is 0 Å². The molecule has 0 aliphatic rings. The van der Waals surface area contributed by atoms with E-state index in [1.165, 1.54) is 0 Å². The van der Waals surface area contributed by atoms with E-state index in [1.54, 1.807) is 6.92 Å². The Morgan fingerprint density at radius 3 is 2.52 bits per heavy atom. The summed E-state index contributed by atoms with van der Waals surface area (Å²) < 4.78 is 26.8. The summed E-state index contributed by atoms with van der Waals surface area (Å²) in [6.07, 6.45) is 0.562. The molecule has 0 fully saturated rings. The van der Waals surface area contributed by atoms with E-state index >= 15 is 0 Å². The summed E-state index contributed by atoms with van der Waals surface area (Å²) in [5, 5.41) is 23.6. The summed E-state index contributed by atoms with van der Waals surface area (Å²) in [7, 11) is 0. The first-order valence-corrected chi connectivity index (χ1v) is 6.68. The standard InChI is InChI=1S/C14H20F2N2O3/c1-9(2)6-14(3,19)8-17-7-10-4-13(18(20)21)12(16)5-11(10)15/h4-5,9,17,19H,6-8H2,1-3H3. The number of nitrogens with zero attached hydrogens (tertiary/aromatic N) is 1. The van der Waals surface area contributed by atoms with Gasteiger partial charge >= 0.3 is 5.69 Å². The minimum Gasteiger partial charge on any atom is -0.389 e. The molecule has 1 aromatic carbocycles. The predicted octanol–water partition coefficient (Wildman–Crippen LogP) is 2.76. The molecule has 1 rings (SSSR count). The van der Waals surface area contributed by atoms with Gasteiger partial charge in [-0.3, -0.25) is 10.1 Å². The van der Waals surface area contributed by atoms with E-state index in [0.29, 0.717) is 18.4 Å². The van der Waals surface area contributed by atoms with Gasteiger partial charge in [-0.2, -0.15) is 4.39 Å². The third-order valence-electron chi connectivity index (χ3n) is 2.98. The van der Waals surface area contributed by atoms with Crippen molar-refractivity contribution in [1.82, 2.24) is 5.32 Å². The Morgan fingerprint density at radius 1 is 1.38 bits per heavy atom. The highest BCUT2D eigenvalue weighted by molar-refractivity contribution is 5.37. The van der Waals surface area contributed by atoms with Crippen LogP contribution in [0.2, 0.25) is 0 Å². The van der Waals surface area contributed by atoms with Crippen molar-refractivity contribution in [3.05, 3.63) is 39.4 Å². The Kier molecular flexibility index (Phi) is 5.74. The van der Waals surface area contributed by atoms with Gasteiger partial charge in [0.2, 0.25) is 5.82 Å². The van der Waals surface area contributed by atoms with Gasteiger partial charge in [-0.05, 0) is 19.3 Å². The SMILES string of the molecule is CC(C)CC(C)(O)CNCc1cc([N+](=O)[O-])c(F)cc1F. The van der Waals surface area contributed by atoms with Crippen LogP contribution in [0.25, 0.3) is 0 Å². The molecule has 7 heteroatoms. The lowest BCUT2D eigenvalue weighted by Crippen LogP contribution is -2.38. The van der Waals surface area contributed by atoms with Crippen LogP contribution in [-0.4, -0.2) is 22.2 Å². The molecule has 1 aromatic rings. The highest BCUT2D eigenvalue weighted by Gasteiger charge is 2.22. The maximum absolute atomic E-state index is 13.6. The summed E-state index contributed by atoms with van der Waals surface area (Å²) in [4.78, 5) is 9.73. The fourth-order valence-corrected chi connectivity index (χ4v) is 2.27. The molecule has 21 heavy (non-hydrogen) atoms. The predicted molar refractivity (Wildman–Crippen MR) is 74.8 cm³/mol. The Morgan fingerprint density at radius 2 is 2.00 bits per heavy atom. The van der Waals surface area contributed by atoms with Crippen LogP contribution in [0.1, 0.15) is 32.8 Å². The van der Waals surface area contributed by atoms with Crippen molar-refractivity contribution in [1.29, 1.82) is 0 Å². The van der Waals surface area contributed by atoms with Crippen LogP contribution in [0, 0.1) is 27.7 Å². The van der Waals surface area contributed by atoms with Gasteiger partial charge in [0, 0.05) is 30.8 Å². The molecule has 0 bridgehead atoms. The van der Waals surface area contributed by atoms with Crippen molar-refractivity contribution >= 4 is 5.69 Å².